The number of rotatable bonds is 3. The number of benzene rings is 1. The summed E-state index contributed by atoms with van der Waals surface area (Å²) in [6.07, 6.45) is 2.59. The highest BCUT2D eigenvalue weighted by Crippen LogP contribution is 2.23. The van der Waals surface area contributed by atoms with E-state index in [0.29, 0.717) is 5.82 Å². The highest BCUT2D eigenvalue weighted by atomic mass is 16.2. The lowest BCUT2D eigenvalue weighted by Gasteiger charge is -2.19. The molecule has 0 radical (unpaired) electrons. The molecule has 0 fully saturated rings. The fourth-order valence-electron chi connectivity index (χ4n) is 1.74. The third-order valence-electron chi connectivity index (χ3n) is 2.70. The number of pyridine rings is 1. The molecule has 1 aromatic heterocycles. The summed E-state index contributed by atoms with van der Waals surface area (Å²) < 4.78 is 0. The van der Waals surface area contributed by atoms with Gasteiger partial charge in [-0.05, 0) is 36.2 Å². The molecule has 0 saturated heterocycles. The smallest absolute Gasteiger partial charge is 0.325 e. The van der Waals surface area contributed by atoms with Crippen LogP contribution >= 0.6 is 0 Å². The van der Waals surface area contributed by atoms with Crippen molar-refractivity contribution in [2.24, 2.45) is 5.73 Å². The molecule has 0 bridgehead atoms. The molecule has 2 amide bonds. The summed E-state index contributed by atoms with van der Waals surface area (Å²) in [4.78, 5) is 17.1. The summed E-state index contributed by atoms with van der Waals surface area (Å²) in [5.41, 5.74) is 7.35. The largest absolute Gasteiger partial charge is 0.351 e. The number of nitrogens with two attached hydrogens (primary N) is 1. The van der Waals surface area contributed by atoms with E-state index in [0.717, 1.165) is 12.1 Å². The second-order valence-corrected chi connectivity index (χ2v) is 3.88. The Morgan fingerprint density at radius 1 is 1.22 bits per heavy atom. The predicted molar refractivity (Wildman–Crippen MR) is 71.8 cm³/mol. The Bertz CT molecular complexity index is 522. The van der Waals surface area contributed by atoms with Gasteiger partial charge in [0.1, 0.15) is 5.82 Å². The molecule has 0 saturated carbocycles. The van der Waals surface area contributed by atoms with Crippen LogP contribution < -0.4 is 10.6 Å². The van der Waals surface area contributed by atoms with Crippen molar-refractivity contribution in [3.8, 4) is 0 Å². The van der Waals surface area contributed by atoms with Crippen molar-refractivity contribution in [2.75, 3.05) is 4.90 Å². The van der Waals surface area contributed by atoms with E-state index in [4.69, 9.17) is 5.73 Å². The zero-order chi connectivity index (χ0) is 13.0. The first-order valence-corrected chi connectivity index (χ1v) is 5.82. The maximum atomic E-state index is 11.6. The Balaban J connectivity index is 2.39. The number of primary amides is 1. The Kier molecular flexibility index (Phi) is 3.57. The van der Waals surface area contributed by atoms with Crippen LogP contribution in [-0.4, -0.2) is 11.0 Å². The van der Waals surface area contributed by atoms with Crippen LogP contribution in [0.15, 0.2) is 48.7 Å². The van der Waals surface area contributed by atoms with Crippen LogP contribution in [0, 0.1) is 0 Å². The van der Waals surface area contributed by atoms with Crippen molar-refractivity contribution in [3.05, 3.63) is 54.2 Å². The van der Waals surface area contributed by atoms with E-state index in [-0.39, 0.29) is 0 Å². The van der Waals surface area contributed by atoms with Crippen LogP contribution in [-0.2, 0) is 6.42 Å². The molecule has 0 atom stereocenters. The minimum absolute atomic E-state index is 0.522. The summed E-state index contributed by atoms with van der Waals surface area (Å²) >= 11 is 0. The molecule has 2 N–H and O–H groups in total. The first kappa shape index (κ1) is 12.1. The molecule has 0 aliphatic heterocycles. The van der Waals surface area contributed by atoms with E-state index < -0.39 is 6.03 Å². The van der Waals surface area contributed by atoms with E-state index in [1.165, 1.54) is 10.5 Å². The fraction of sp³-hybridized carbons (Fsp3) is 0.143. The summed E-state index contributed by atoms with van der Waals surface area (Å²) in [6.45, 7) is 2.08. The van der Waals surface area contributed by atoms with Crippen molar-refractivity contribution in [3.63, 3.8) is 0 Å². The van der Waals surface area contributed by atoms with Gasteiger partial charge in [0.05, 0.1) is 5.69 Å². The fourth-order valence-corrected chi connectivity index (χ4v) is 1.74. The van der Waals surface area contributed by atoms with Crippen LogP contribution in [0.25, 0.3) is 0 Å². The van der Waals surface area contributed by atoms with E-state index in [1.807, 2.05) is 30.3 Å². The van der Waals surface area contributed by atoms with E-state index in [2.05, 4.69) is 11.9 Å². The van der Waals surface area contributed by atoms with Crippen LogP contribution in [0.1, 0.15) is 12.5 Å². The van der Waals surface area contributed by atoms with E-state index >= 15 is 0 Å². The van der Waals surface area contributed by atoms with Crippen LogP contribution in [0.4, 0.5) is 16.3 Å². The summed E-state index contributed by atoms with van der Waals surface area (Å²) in [5.74, 6) is 0.522. The maximum absolute atomic E-state index is 11.6. The van der Waals surface area contributed by atoms with Crippen molar-refractivity contribution in [1.29, 1.82) is 0 Å². The molecule has 2 aromatic rings. The minimum Gasteiger partial charge on any atom is -0.351 e. The number of aryl methyl sites for hydroxylation is 1. The average molecular weight is 241 g/mol. The minimum atomic E-state index is -0.544. The van der Waals surface area contributed by atoms with Gasteiger partial charge < -0.3 is 5.73 Å². The van der Waals surface area contributed by atoms with Gasteiger partial charge in [-0.1, -0.05) is 25.1 Å². The maximum Gasteiger partial charge on any atom is 0.325 e. The number of hydrogen-bond donors (Lipinski definition) is 1. The van der Waals surface area contributed by atoms with E-state index in [9.17, 15) is 4.79 Å². The lowest BCUT2D eigenvalue weighted by atomic mass is 10.1. The number of urea groups is 1. The van der Waals surface area contributed by atoms with Gasteiger partial charge in [0, 0.05) is 6.20 Å². The topological polar surface area (TPSA) is 59.2 Å². The van der Waals surface area contributed by atoms with Gasteiger partial charge in [-0.3, -0.25) is 0 Å². The van der Waals surface area contributed by atoms with Gasteiger partial charge in [-0.25, -0.2) is 14.7 Å². The Morgan fingerprint density at radius 2 is 1.94 bits per heavy atom. The van der Waals surface area contributed by atoms with Gasteiger partial charge in [0.25, 0.3) is 0 Å². The molecule has 0 aliphatic rings. The normalized spacial score (nSPS) is 10.1. The standard InChI is InChI=1S/C14H15N3O/c1-2-11-6-8-12(9-7-11)17(14(15)18)13-5-3-4-10-16-13/h3-10H,2H2,1H3,(H2,15,18). The van der Waals surface area contributed by atoms with Crippen molar-refractivity contribution >= 4 is 17.5 Å². The Morgan fingerprint density at radius 3 is 2.44 bits per heavy atom. The van der Waals surface area contributed by atoms with Crippen LogP contribution in [0.5, 0.6) is 0 Å². The lowest BCUT2D eigenvalue weighted by Crippen LogP contribution is -2.32. The summed E-state index contributed by atoms with van der Waals surface area (Å²) in [5, 5.41) is 0. The molecular weight excluding hydrogens is 226 g/mol. The first-order chi connectivity index (χ1) is 8.72. The molecular formula is C14H15N3O. The van der Waals surface area contributed by atoms with Gasteiger partial charge in [-0.15, -0.1) is 0 Å². The number of anilines is 2. The monoisotopic (exact) mass is 241 g/mol. The van der Waals surface area contributed by atoms with Gasteiger partial charge >= 0.3 is 6.03 Å². The molecule has 0 unspecified atom stereocenters. The third-order valence-corrected chi connectivity index (χ3v) is 2.70. The number of hydrogen-bond acceptors (Lipinski definition) is 2. The second-order valence-electron chi connectivity index (χ2n) is 3.88. The number of nitrogens with zero attached hydrogens (tertiary/aromatic N) is 2. The molecule has 2 rings (SSSR count). The lowest BCUT2D eigenvalue weighted by molar-refractivity contribution is 0.256. The third kappa shape index (κ3) is 2.48. The average Bonchev–Trinajstić information content (AvgIpc) is 2.40. The van der Waals surface area contributed by atoms with Gasteiger partial charge in [0.15, 0.2) is 0 Å². The molecule has 1 heterocycles. The molecule has 0 spiro atoms. The van der Waals surface area contributed by atoms with Crippen LogP contribution in [0.3, 0.4) is 0 Å². The quantitative estimate of drug-likeness (QED) is 0.898. The molecule has 4 heteroatoms. The summed E-state index contributed by atoms with van der Waals surface area (Å²) in [6, 6.07) is 12.5. The van der Waals surface area contributed by atoms with E-state index in [1.54, 1.807) is 18.3 Å². The molecule has 4 nitrogen and oxygen atoms in total. The number of carbonyl (C=O) groups excluding carboxylic acids is 1. The highest BCUT2D eigenvalue weighted by molar-refractivity contribution is 5.97. The SMILES string of the molecule is CCc1ccc(N(C(N)=O)c2ccccn2)cc1. The molecule has 1 aromatic carbocycles. The molecule has 18 heavy (non-hydrogen) atoms. The first-order valence-electron chi connectivity index (χ1n) is 5.82. The second kappa shape index (κ2) is 5.31. The van der Waals surface area contributed by atoms with Crippen molar-refractivity contribution < 1.29 is 4.79 Å². The zero-order valence-electron chi connectivity index (χ0n) is 10.2. The Labute approximate surface area is 106 Å². The van der Waals surface area contributed by atoms with Gasteiger partial charge in [-0.2, -0.15) is 0 Å². The Hall–Kier alpha value is -2.36. The van der Waals surface area contributed by atoms with Gasteiger partial charge in [0.2, 0.25) is 0 Å². The number of carbonyl (C=O) groups is 1. The molecule has 92 valence electrons. The van der Waals surface area contributed by atoms with Crippen molar-refractivity contribution in [2.45, 2.75) is 13.3 Å². The summed E-state index contributed by atoms with van der Waals surface area (Å²) in [7, 11) is 0. The number of aromatic nitrogens is 1. The van der Waals surface area contributed by atoms with Crippen molar-refractivity contribution in [1.82, 2.24) is 4.98 Å². The molecule has 0 aliphatic carbocycles. The van der Waals surface area contributed by atoms with Crippen LogP contribution in [0.2, 0.25) is 0 Å². The highest BCUT2D eigenvalue weighted by Gasteiger charge is 2.15. The predicted octanol–water partition coefficient (Wildman–Crippen LogP) is 2.86. The zero-order valence-corrected chi connectivity index (χ0v) is 10.2. The number of amides is 2.